The maximum atomic E-state index is 12.8. The number of rotatable bonds is 3. The zero-order valence-corrected chi connectivity index (χ0v) is 16.8. The first-order valence-electron chi connectivity index (χ1n) is 10.2. The number of urea groups is 1. The molecule has 8 nitrogen and oxygen atoms in total. The van der Waals surface area contributed by atoms with E-state index >= 15 is 0 Å². The lowest BCUT2D eigenvalue weighted by atomic mass is 9.86. The summed E-state index contributed by atoms with van der Waals surface area (Å²) in [5, 5.41) is 0.502. The molecule has 11 heteroatoms. The van der Waals surface area contributed by atoms with Crippen LogP contribution < -0.4 is 0 Å². The number of hydrogen-bond donors (Lipinski definition) is 0. The molecule has 3 heterocycles. The van der Waals surface area contributed by atoms with Crippen LogP contribution in [-0.4, -0.2) is 89.3 Å². The fraction of sp³-hybridized carbons (Fsp3) is 0.550. The van der Waals surface area contributed by atoms with Crippen LogP contribution in [0.2, 0.25) is 0 Å². The first kappa shape index (κ1) is 21.4. The van der Waals surface area contributed by atoms with Gasteiger partial charge in [0, 0.05) is 32.7 Å². The second-order valence-corrected chi connectivity index (χ2v) is 7.99. The fourth-order valence-corrected chi connectivity index (χ4v) is 4.36. The summed E-state index contributed by atoms with van der Waals surface area (Å²) in [7, 11) is 0. The predicted molar refractivity (Wildman–Crippen MR) is 102 cm³/mol. The van der Waals surface area contributed by atoms with Crippen molar-refractivity contribution in [3.8, 4) is 0 Å². The molecule has 2 unspecified atom stereocenters. The van der Waals surface area contributed by atoms with Crippen LogP contribution in [-0.2, 0) is 9.63 Å². The van der Waals surface area contributed by atoms with Gasteiger partial charge in [-0.05, 0) is 24.3 Å². The third kappa shape index (κ3) is 4.60. The number of carbonyl (C=O) groups excluding carboxylic acids is 3. The minimum Gasteiger partial charge on any atom is -0.310 e. The molecule has 0 aromatic heterocycles. The minimum absolute atomic E-state index is 0.0222. The number of piperazine rings is 1. The fourth-order valence-electron chi connectivity index (χ4n) is 4.36. The molecule has 1 aromatic rings. The highest BCUT2D eigenvalue weighted by molar-refractivity contribution is 6.04. The van der Waals surface area contributed by atoms with Gasteiger partial charge in [0.2, 0.25) is 0 Å². The average Bonchev–Trinajstić information content (AvgIpc) is 2.98. The van der Waals surface area contributed by atoms with Crippen LogP contribution in [0.15, 0.2) is 30.3 Å². The van der Waals surface area contributed by atoms with E-state index < -0.39 is 36.8 Å². The molecule has 0 spiro atoms. The molecule has 3 fully saturated rings. The normalized spacial score (nSPS) is 25.1. The Morgan fingerprint density at radius 2 is 1.71 bits per heavy atom. The number of imide groups is 1. The highest BCUT2D eigenvalue weighted by Gasteiger charge is 2.51. The van der Waals surface area contributed by atoms with Gasteiger partial charge in [0.1, 0.15) is 6.04 Å². The summed E-state index contributed by atoms with van der Waals surface area (Å²) in [6.45, 7) is -0.562. The first-order chi connectivity index (χ1) is 14.7. The van der Waals surface area contributed by atoms with E-state index in [2.05, 4.69) is 0 Å². The second kappa shape index (κ2) is 8.37. The van der Waals surface area contributed by atoms with E-state index in [9.17, 15) is 27.6 Å². The van der Waals surface area contributed by atoms with Gasteiger partial charge >= 0.3 is 18.3 Å². The van der Waals surface area contributed by atoms with Crippen molar-refractivity contribution in [2.24, 2.45) is 0 Å². The lowest BCUT2D eigenvalue weighted by Gasteiger charge is -2.34. The van der Waals surface area contributed by atoms with E-state index in [1.54, 1.807) is 0 Å². The van der Waals surface area contributed by atoms with Gasteiger partial charge in [0.15, 0.2) is 0 Å². The number of hydroxylamine groups is 2. The van der Waals surface area contributed by atoms with Crippen molar-refractivity contribution in [2.75, 3.05) is 39.3 Å². The Balaban J connectivity index is 1.34. The van der Waals surface area contributed by atoms with Gasteiger partial charge in [-0.1, -0.05) is 35.4 Å². The number of amides is 4. The number of benzene rings is 1. The van der Waals surface area contributed by atoms with Crippen molar-refractivity contribution in [3.05, 3.63) is 35.9 Å². The lowest BCUT2D eigenvalue weighted by Crippen LogP contribution is -2.52. The molecule has 0 aliphatic carbocycles. The van der Waals surface area contributed by atoms with Crippen molar-refractivity contribution < 1.29 is 32.4 Å². The number of piperidine rings is 1. The zero-order valence-electron chi connectivity index (χ0n) is 16.8. The SMILES string of the molecule is O=C(ON1C(=O)C2CC(c3ccccc3)CCN2C1=O)N1CCN(CC(F)(F)F)CC1. The number of nitrogens with zero attached hydrogens (tertiary/aromatic N) is 4. The molecule has 2 atom stereocenters. The first-order valence-corrected chi connectivity index (χ1v) is 10.2. The van der Waals surface area contributed by atoms with E-state index in [0.717, 1.165) is 5.56 Å². The second-order valence-electron chi connectivity index (χ2n) is 7.99. The third-order valence-corrected chi connectivity index (χ3v) is 5.98. The number of halogens is 3. The summed E-state index contributed by atoms with van der Waals surface area (Å²) >= 11 is 0. The zero-order chi connectivity index (χ0) is 22.2. The van der Waals surface area contributed by atoms with E-state index in [1.807, 2.05) is 30.3 Å². The Morgan fingerprint density at radius 1 is 1.03 bits per heavy atom. The molecule has 3 aliphatic rings. The molecule has 1 aromatic carbocycles. The van der Waals surface area contributed by atoms with E-state index in [1.165, 1.54) is 14.7 Å². The van der Waals surface area contributed by atoms with Crippen molar-refractivity contribution in [3.63, 3.8) is 0 Å². The van der Waals surface area contributed by atoms with E-state index in [-0.39, 0.29) is 32.1 Å². The molecule has 3 aliphatic heterocycles. The summed E-state index contributed by atoms with van der Waals surface area (Å²) in [5.41, 5.74) is 1.09. The topological polar surface area (TPSA) is 73.4 Å². The van der Waals surface area contributed by atoms with Crippen LogP contribution in [0.4, 0.5) is 22.8 Å². The van der Waals surface area contributed by atoms with Crippen LogP contribution in [0.25, 0.3) is 0 Å². The van der Waals surface area contributed by atoms with Gasteiger partial charge in [-0.2, -0.15) is 13.2 Å². The summed E-state index contributed by atoms with van der Waals surface area (Å²) in [4.78, 5) is 46.7. The summed E-state index contributed by atoms with van der Waals surface area (Å²) in [5.74, 6) is -0.466. The summed E-state index contributed by atoms with van der Waals surface area (Å²) in [6.07, 6.45) is -4.08. The Hall–Kier alpha value is -2.82. The third-order valence-electron chi connectivity index (χ3n) is 5.98. The van der Waals surface area contributed by atoms with Crippen molar-refractivity contribution in [1.29, 1.82) is 0 Å². The molecule has 168 valence electrons. The van der Waals surface area contributed by atoms with Crippen LogP contribution in [0, 0.1) is 0 Å². The van der Waals surface area contributed by atoms with Gasteiger partial charge in [-0.25, -0.2) is 9.59 Å². The monoisotopic (exact) mass is 440 g/mol. The largest absolute Gasteiger partial charge is 0.434 e. The molecule has 4 rings (SSSR count). The number of fused-ring (bicyclic) bond motifs is 1. The van der Waals surface area contributed by atoms with E-state index in [4.69, 9.17) is 4.84 Å². The lowest BCUT2D eigenvalue weighted by molar-refractivity contribution is -0.155. The van der Waals surface area contributed by atoms with Gasteiger partial charge in [0.05, 0.1) is 6.54 Å². The van der Waals surface area contributed by atoms with Crippen LogP contribution >= 0.6 is 0 Å². The highest BCUT2D eigenvalue weighted by atomic mass is 19.4. The molecular weight excluding hydrogens is 417 g/mol. The Bertz CT molecular complexity index is 843. The molecular formula is C20H23F3N4O4. The maximum absolute atomic E-state index is 12.8. The predicted octanol–water partition coefficient (Wildman–Crippen LogP) is 2.43. The summed E-state index contributed by atoms with van der Waals surface area (Å²) in [6, 6.07) is 8.36. The molecule has 3 saturated heterocycles. The van der Waals surface area contributed by atoms with Gasteiger partial charge in [-0.15, -0.1) is 0 Å². The van der Waals surface area contributed by atoms with Crippen molar-refractivity contribution in [2.45, 2.75) is 31.0 Å². The van der Waals surface area contributed by atoms with Gasteiger partial charge in [0.25, 0.3) is 5.91 Å². The van der Waals surface area contributed by atoms with Gasteiger partial charge in [-0.3, -0.25) is 9.69 Å². The smallest absolute Gasteiger partial charge is 0.310 e. The number of alkyl halides is 3. The molecule has 0 radical (unpaired) electrons. The minimum atomic E-state index is -4.31. The van der Waals surface area contributed by atoms with Crippen LogP contribution in [0.1, 0.15) is 24.3 Å². The number of carbonyl (C=O) groups is 3. The van der Waals surface area contributed by atoms with Gasteiger partial charge < -0.3 is 14.6 Å². The molecule has 4 amide bonds. The maximum Gasteiger partial charge on any atom is 0.434 e. The van der Waals surface area contributed by atoms with E-state index in [0.29, 0.717) is 24.4 Å². The molecule has 0 N–H and O–H groups in total. The quantitative estimate of drug-likeness (QED) is 0.675. The number of hydrogen-bond acceptors (Lipinski definition) is 5. The summed E-state index contributed by atoms with van der Waals surface area (Å²) < 4.78 is 37.5. The molecule has 0 bridgehead atoms. The Kier molecular flexibility index (Phi) is 5.78. The van der Waals surface area contributed by atoms with Crippen molar-refractivity contribution in [1.82, 2.24) is 19.8 Å². The average molecular weight is 440 g/mol. The van der Waals surface area contributed by atoms with Crippen LogP contribution in [0.5, 0.6) is 0 Å². The van der Waals surface area contributed by atoms with Crippen LogP contribution in [0.3, 0.4) is 0 Å². The molecule has 0 saturated carbocycles. The van der Waals surface area contributed by atoms with Crippen molar-refractivity contribution >= 4 is 18.0 Å². The highest BCUT2D eigenvalue weighted by Crippen LogP contribution is 2.36. The standard InChI is InChI=1S/C20H23F3N4O4/c21-20(22,23)13-24-8-10-25(11-9-24)19(30)31-27-17(28)16-12-15(6-7-26(16)18(27)29)14-4-2-1-3-5-14/h1-5,15-16H,6-13H2. The molecule has 31 heavy (non-hydrogen) atoms. The Morgan fingerprint density at radius 3 is 2.35 bits per heavy atom. The Labute approximate surface area is 177 Å².